The highest BCUT2D eigenvalue weighted by molar-refractivity contribution is 7.09. The summed E-state index contributed by atoms with van der Waals surface area (Å²) in [5.41, 5.74) is -0.131. The fourth-order valence-corrected chi connectivity index (χ4v) is 2.29. The second kappa shape index (κ2) is 5.98. The molecule has 5 heteroatoms. The lowest BCUT2D eigenvalue weighted by Crippen LogP contribution is -2.09. The van der Waals surface area contributed by atoms with E-state index in [1.54, 1.807) is 11.3 Å². The number of esters is 1. The predicted octanol–water partition coefficient (Wildman–Crippen LogP) is 3.94. The minimum Gasteiger partial charge on any atom is -0.462 e. The van der Waals surface area contributed by atoms with Crippen molar-refractivity contribution in [3.8, 4) is 0 Å². The molecule has 2 rings (SSSR count). The number of halogens is 2. The Hall–Kier alpha value is -1.39. The molecule has 0 aliphatic heterocycles. The van der Waals surface area contributed by atoms with Gasteiger partial charge < -0.3 is 4.74 Å². The first-order chi connectivity index (χ1) is 8.66. The molecule has 0 aliphatic carbocycles. The Morgan fingerprint density at radius 3 is 2.94 bits per heavy atom. The lowest BCUT2D eigenvalue weighted by atomic mass is 10.2. The molecule has 0 fully saturated rings. The Labute approximate surface area is 113 Å². The first kappa shape index (κ1) is 13.1. The molecule has 1 aromatic heterocycles. The highest BCUT2D eigenvalue weighted by Gasteiger charge is 2.13. The quantitative estimate of drug-likeness (QED) is 0.795. The molecule has 0 bridgehead atoms. The summed E-state index contributed by atoms with van der Waals surface area (Å²) >= 11 is 7.29. The largest absolute Gasteiger partial charge is 0.462 e. The maximum atomic E-state index is 13.4. The van der Waals surface area contributed by atoms with Crippen molar-refractivity contribution in [2.75, 3.05) is 6.61 Å². The van der Waals surface area contributed by atoms with Gasteiger partial charge in [0, 0.05) is 16.3 Å². The zero-order chi connectivity index (χ0) is 13.0. The van der Waals surface area contributed by atoms with Gasteiger partial charge in [-0.15, -0.1) is 11.3 Å². The first-order valence-electron chi connectivity index (χ1n) is 5.31. The van der Waals surface area contributed by atoms with Crippen LogP contribution >= 0.6 is 22.9 Å². The van der Waals surface area contributed by atoms with Crippen molar-refractivity contribution in [1.82, 2.24) is 0 Å². The monoisotopic (exact) mass is 284 g/mol. The van der Waals surface area contributed by atoms with E-state index in [-0.39, 0.29) is 12.2 Å². The van der Waals surface area contributed by atoms with Crippen LogP contribution in [-0.4, -0.2) is 12.6 Å². The van der Waals surface area contributed by atoms with Crippen molar-refractivity contribution >= 4 is 28.9 Å². The van der Waals surface area contributed by atoms with Crippen molar-refractivity contribution in [3.63, 3.8) is 0 Å². The first-order valence-corrected chi connectivity index (χ1v) is 6.57. The molecule has 0 atom stereocenters. The van der Waals surface area contributed by atoms with Crippen LogP contribution in [0, 0.1) is 5.82 Å². The van der Waals surface area contributed by atoms with E-state index in [4.69, 9.17) is 16.3 Å². The minimum atomic E-state index is -0.688. The van der Waals surface area contributed by atoms with E-state index in [9.17, 15) is 9.18 Å². The van der Waals surface area contributed by atoms with E-state index in [2.05, 4.69) is 0 Å². The maximum Gasteiger partial charge on any atom is 0.341 e. The molecule has 0 N–H and O–H groups in total. The third-order valence-electron chi connectivity index (χ3n) is 2.31. The molecule has 0 spiro atoms. The highest BCUT2D eigenvalue weighted by atomic mass is 35.5. The molecule has 0 amide bonds. The van der Waals surface area contributed by atoms with Gasteiger partial charge in [0.05, 0.1) is 12.2 Å². The van der Waals surface area contributed by atoms with Gasteiger partial charge in [-0.2, -0.15) is 0 Å². The lowest BCUT2D eigenvalue weighted by molar-refractivity contribution is 0.0504. The minimum absolute atomic E-state index is 0.131. The van der Waals surface area contributed by atoms with Gasteiger partial charge >= 0.3 is 5.97 Å². The number of carbonyl (C=O) groups is 1. The third kappa shape index (κ3) is 3.31. The number of hydrogen-bond donors (Lipinski definition) is 0. The fourth-order valence-electron chi connectivity index (χ4n) is 1.43. The van der Waals surface area contributed by atoms with Crippen molar-refractivity contribution in [3.05, 3.63) is 57.0 Å². The van der Waals surface area contributed by atoms with Gasteiger partial charge in [0.25, 0.3) is 0 Å². The van der Waals surface area contributed by atoms with Gasteiger partial charge in [0.2, 0.25) is 0 Å². The fraction of sp³-hybridized carbons (Fsp3) is 0.154. The van der Waals surface area contributed by atoms with Crippen LogP contribution in [0.25, 0.3) is 0 Å². The Morgan fingerprint density at radius 2 is 2.22 bits per heavy atom. The van der Waals surface area contributed by atoms with Crippen molar-refractivity contribution in [2.24, 2.45) is 0 Å². The summed E-state index contributed by atoms with van der Waals surface area (Å²) in [6.45, 7) is 0.227. The molecule has 94 valence electrons. The molecular formula is C13H10ClFO2S. The summed E-state index contributed by atoms with van der Waals surface area (Å²) < 4.78 is 18.4. The van der Waals surface area contributed by atoms with Crippen molar-refractivity contribution in [1.29, 1.82) is 0 Å². The van der Waals surface area contributed by atoms with Crippen LogP contribution in [0.4, 0.5) is 4.39 Å². The summed E-state index contributed by atoms with van der Waals surface area (Å²) in [4.78, 5) is 12.7. The molecule has 1 heterocycles. The molecule has 1 aromatic carbocycles. The average molecular weight is 285 g/mol. The Kier molecular flexibility index (Phi) is 4.33. The zero-order valence-electron chi connectivity index (χ0n) is 9.36. The van der Waals surface area contributed by atoms with Crippen LogP contribution < -0.4 is 0 Å². The van der Waals surface area contributed by atoms with Crippen molar-refractivity contribution < 1.29 is 13.9 Å². The third-order valence-corrected chi connectivity index (χ3v) is 3.48. The standard InChI is InChI=1S/C13H10ClFO2S/c14-9-3-4-12(15)11(8-9)13(16)17-6-5-10-2-1-7-18-10/h1-4,7-8H,5-6H2. The molecule has 0 saturated heterocycles. The van der Waals surface area contributed by atoms with E-state index in [1.165, 1.54) is 12.1 Å². The summed E-state index contributed by atoms with van der Waals surface area (Å²) in [5.74, 6) is -1.31. The molecule has 18 heavy (non-hydrogen) atoms. The van der Waals surface area contributed by atoms with Gasteiger partial charge in [-0.05, 0) is 29.6 Å². The van der Waals surface area contributed by atoms with Crippen LogP contribution in [0.3, 0.4) is 0 Å². The van der Waals surface area contributed by atoms with Gasteiger partial charge in [0.15, 0.2) is 0 Å². The van der Waals surface area contributed by atoms with Crippen LogP contribution in [-0.2, 0) is 11.2 Å². The summed E-state index contributed by atoms with van der Waals surface area (Å²) in [7, 11) is 0. The second-order valence-corrected chi connectivity index (χ2v) is 5.06. The number of rotatable bonds is 4. The van der Waals surface area contributed by atoms with E-state index < -0.39 is 11.8 Å². The maximum absolute atomic E-state index is 13.4. The molecule has 2 aromatic rings. The van der Waals surface area contributed by atoms with E-state index >= 15 is 0 Å². The van der Waals surface area contributed by atoms with Gasteiger partial charge in [-0.3, -0.25) is 0 Å². The number of benzene rings is 1. The average Bonchev–Trinajstić information content (AvgIpc) is 2.85. The van der Waals surface area contributed by atoms with Gasteiger partial charge in [-0.1, -0.05) is 17.7 Å². The van der Waals surface area contributed by atoms with Crippen LogP contribution in [0.2, 0.25) is 5.02 Å². The summed E-state index contributed by atoms with van der Waals surface area (Å²) in [6, 6.07) is 7.69. The second-order valence-electron chi connectivity index (χ2n) is 3.59. The number of hydrogen-bond acceptors (Lipinski definition) is 3. The Morgan fingerprint density at radius 1 is 1.39 bits per heavy atom. The van der Waals surface area contributed by atoms with Crippen LogP contribution in [0.15, 0.2) is 35.7 Å². The summed E-state index contributed by atoms with van der Waals surface area (Å²) in [6.07, 6.45) is 0.631. The molecular weight excluding hydrogens is 275 g/mol. The summed E-state index contributed by atoms with van der Waals surface area (Å²) in [5, 5.41) is 2.26. The van der Waals surface area contributed by atoms with E-state index in [0.717, 1.165) is 10.9 Å². The molecule has 0 radical (unpaired) electrons. The van der Waals surface area contributed by atoms with Crippen LogP contribution in [0.5, 0.6) is 0 Å². The van der Waals surface area contributed by atoms with E-state index in [0.29, 0.717) is 11.4 Å². The normalized spacial score (nSPS) is 10.3. The number of carbonyl (C=O) groups excluding carboxylic acids is 1. The Balaban J connectivity index is 1.93. The lowest BCUT2D eigenvalue weighted by Gasteiger charge is -2.05. The topological polar surface area (TPSA) is 26.3 Å². The zero-order valence-corrected chi connectivity index (χ0v) is 10.9. The number of ether oxygens (including phenoxy) is 1. The molecule has 0 unspecified atom stereocenters. The SMILES string of the molecule is O=C(OCCc1cccs1)c1cc(Cl)ccc1F. The van der Waals surface area contributed by atoms with Crippen LogP contribution in [0.1, 0.15) is 15.2 Å². The Bertz CT molecular complexity index is 540. The van der Waals surface area contributed by atoms with Gasteiger partial charge in [-0.25, -0.2) is 9.18 Å². The smallest absolute Gasteiger partial charge is 0.341 e. The predicted molar refractivity (Wildman–Crippen MR) is 69.7 cm³/mol. The molecule has 0 saturated carbocycles. The number of thiophene rings is 1. The van der Waals surface area contributed by atoms with Crippen molar-refractivity contribution in [2.45, 2.75) is 6.42 Å². The molecule has 0 aliphatic rings. The molecule has 2 nitrogen and oxygen atoms in total. The van der Waals surface area contributed by atoms with Gasteiger partial charge in [0.1, 0.15) is 5.82 Å². The highest BCUT2D eigenvalue weighted by Crippen LogP contribution is 2.16. The van der Waals surface area contributed by atoms with E-state index in [1.807, 2.05) is 17.5 Å².